The summed E-state index contributed by atoms with van der Waals surface area (Å²) in [4.78, 5) is 32.0. The second-order valence-corrected chi connectivity index (χ2v) is 10.2. The minimum Gasteiger partial charge on any atom is -0.463 e. The van der Waals surface area contributed by atoms with Crippen molar-refractivity contribution in [2.45, 2.75) is 116 Å². The fourth-order valence-electron chi connectivity index (χ4n) is 3.40. The van der Waals surface area contributed by atoms with E-state index < -0.39 is 26.5 Å². The van der Waals surface area contributed by atoms with E-state index in [1.165, 1.54) is 77.6 Å². The second-order valence-electron chi connectivity index (χ2n) is 8.75. The first-order chi connectivity index (χ1) is 16.3. The number of esters is 1. The molecule has 0 saturated carbocycles. The highest BCUT2D eigenvalue weighted by atomic mass is 31.2. The Bertz CT molecular complexity index is 561. The van der Waals surface area contributed by atoms with Crippen LogP contribution >= 0.6 is 7.82 Å². The minimum absolute atomic E-state index is 0.0847. The van der Waals surface area contributed by atoms with Crippen LogP contribution in [0.2, 0.25) is 0 Å². The number of carbonyl (C=O) groups excluding carboxylic acids is 2. The van der Waals surface area contributed by atoms with Crippen LogP contribution in [0.15, 0.2) is 0 Å². The van der Waals surface area contributed by atoms with Crippen molar-refractivity contribution in [1.82, 2.24) is 5.32 Å². The zero-order valence-electron chi connectivity index (χ0n) is 21.3. The third-order valence-corrected chi connectivity index (χ3v) is 6.33. The van der Waals surface area contributed by atoms with Gasteiger partial charge in [-0.05, 0) is 6.42 Å². The van der Waals surface area contributed by atoms with Crippen molar-refractivity contribution in [2.75, 3.05) is 26.4 Å². The normalized spacial score (nSPS) is 13.9. The fourth-order valence-corrected chi connectivity index (χ4v) is 4.16. The number of aliphatic hydroxyl groups is 1. The van der Waals surface area contributed by atoms with E-state index in [9.17, 15) is 24.2 Å². The maximum absolute atomic E-state index is 11.8. The maximum atomic E-state index is 11.8. The van der Waals surface area contributed by atoms with Gasteiger partial charge in [0.2, 0.25) is 5.91 Å². The molecule has 9 nitrogen and oxygen atoms in total. The molecule has 0 spiro atoms. The number of phosphoric acid groups is 1. The lowest BCUT2D eigenvalue weighted by Gasteiger charge is -2.15. The van der Waals surface area contributed by atoms with Crippen molar-refractivity contribution < 1.29 is 37.9 Å². The average Bonchev–Trinajstić information content (AvgIpc) is 2.79. The number of hydrogen-bond acceptors (Lipinski definition) is 7. The molecule has 0 bridgehead atoms. The average molecular weight is 510 g/mol. The molecule has 0 radical (unpaired) electrons. The van der Waals surface area contributed by atoms with Crippen LogP contribution in [0.4, 0.5) is 0 Å². The van der Waals surface area contributed by atoms with Crippen LogP contribution in [0.25, 0.3) is 0 Å². The highest BCUT2D eigenvalue weighted by molar-refractivity contribution is 7.47. The molecule has 0 fully saturated rings. The molecule has 2 atom stereocenters. The van der Waals surface area contributed by atoms with Crippen LogP contribution in [0.3, 0.4) is 0 Å². The van der Waals surface area contributed by atoms with Gasteiger partial charge in [0.05, 0.1) is 13.2 Å². The van der Waals surface area contributed by atoms with Gasteiger partial charge in [-0.1, -0.05) is 90.4 Å². The van der Waals surface area contributed by atoms with Gasteiger partial charge in [0.25, 0.3) is 0 Å². The van der Waals surface area contributed by atoms with E-state index in [0.717, 1.165) is 19.3 Å². The second kappa shape index (κ2) is 22.5. The van der Waals surface area contributed by atoms with Gasteiger partial charge in [0, 0.05) is 19.9 Å². The van der Waals surface area contributed by atoms with E-state index >= 15 is 0 Å². The van der Waals surface area contributed by atoms with E-state index in [1.54, 1.807) is 0 Å². The highest BCUT2D eigenvalue weighted by Crippen LogP contribution is 2.42. The predicted octanol–water partition coefficient (Wildman–Crippen LogP) is 5.03. The molecule has 202 valence electrons. The Morgan fingerprint density at radius 3 is 1.82 bits per heavy atom. The summed E-state index contributed by atoms with van der Waals surface area (Å²) in [5.74, 6) is -0.694. The number of nitrogens with one attached hydrogen (secondary N) is 1. The molecule has 0 saturated heterocycles. The molecular weight excluding hydrogens is 461 g/mol. The Hall–Kier alpha value is -0.990. The lowest BCUT2D eigenvalue weighted by Crippen LogP contribution is -2.27. The van der Waals surface area contributed by atoms with E-state index in [1.807, 2.05) is 0 Å². The van der Waals surface area contributed by atoms with Crippen molar-refractivity contribution in [1.29, 1.82) is 0 Å². The summed E-state index contributed by atoms with van der Waals surface area (Å²) in [7, 11) is -4.36. The lowest BCUT2D eigenvalue weighted by molar-refractivity contribution is -0.144. The van der Waals surface area contributed by atoms with Gasteiger partial charge in [-0.2, -0.15) is 0 Å². The van der Waals surface area contributed by atoms with Crippen LogP contribution in [-0.2, 0) is 27.9 Å². The molecule has 10 heteroatoms. The SMILES string of the molecule is CCCCCCCCCCCCCCCCC(=O)NCCOP(=O)(O)OCC(O)COC(C)=O. The van der Waals surface area contributed by atoms with Crippen LogP contribution in [0.5, 0.6) is 0 Å². The van der Waals surface area contributed by atoms with Gasteiger partial charge in [-0.3, -0.25) is 18.6 Å². The Morgan fingerprint density at radius 2 is 1.32 bits per heavy atom. The van der Waals surface area contributed by atoms with Gasteiger partial charge in [-0.15, -0.1) is 0 Å². The van der Waals surface area contributed by atoms with Gasteiger partial charge in [0.15, 0.2) is 0 Å². The molecule has 0 aliphatic heterocycles. The number of unbranched alkanes of at least 4 members (excludes halogenated alkanes) is 13. The summed E-state index contributed by atoms with van der Waals surface area (Å²) in [6, 6.07) is 0. The molecule has 0 heterocycles. The van der Waals surface area contributed by atoms with Crippen LogP contribution in [-0.4, -0.2) is 54.3 Å². The first-order valence-corrected chi connectivity index (χ1v) is 14.5. The first kappa shape index (κ1) is 33.0. The number of phosphoric ester groups is 1. The molecule has 2 unspecified atom stereocenters. The molecule has 0 aromatic carbocycles. The Morgan fingerprint density at radius 1 is 0.824 bits per heavy atom. The fraction of sp³-hybridized carbons (Fsp3) is 0.917. The molecule has 0 aliphatic rings. The first-order valence-electron chi connectivity index (χ1n) is 13.0. The predicted molar refractivity (Wildman–Crippen MR) is 132 cm³/mol. The number of amides is 1. The third-order valence-electron chi connectivity index (χ3n) is 5.35. The maximum Gasteiger partial charge on any atom is 0.472 e. The van der Waals surface area contributed by atoms with Crippen molar-refractivity contribution in [3.63, 3.8) is 0 Å². The van der Waals surface area contributed by atoms with Gasteiger partial charge in [0.1, 0.15) is 12.7 Å². The summed E-state index contributed by atoms with van der Waals surface area (Å²) in [5.41, 5.74) is 0. The quantitative estimate of drug-likeness (QED) is 0.0938. The summed E-state index contributed by atoms with van der Waals surface area (Å²) in [6.07, 6.45) is 16.8. The molecule has 0 aromatic rings. The van der Waals surface area contributed by atoms with Crippen molar-refractivity contribution in [3.8, 4) is 0 Å². The van der Waals surface area contributed by atoms with Crippen LogP contribution < -0.4 is 5.32 Å². The van der Waals surface area contributed by atoms with Gasteiger partial charge < -0.3 is 20.1 Å². The number of carbonyl (C=O) groups is 2. The molecule has 34 heavy (non-hydrogen) atoms. The summed E-state index contributed by atoms with van der Waals surface area (Å²) in [5, 5.41) is 12.1. The molecule has 0 aromatic heterocycles. The lowest BCUT2D eigenvalue weighted by atomic mass is 10.0. The van der Waals surface area contributed by atoms with E-state index in [0.29, 0.717) is 6.42 Å². The van der Waals surface area contributed by atoms with Crippen molar-refractivity contribution >= 4 is 19.7 Å². The van der Waals surface area contributed by atoms with Crippen LogP contribution in [0.1, 0.15) is 110 Å². The molecule has 3 N–H and O–H groups in total. The molecular formula is C24H48NO8P. The monoisotopic (exact) mass is 509 g/mol. The van der Waals surface area contributed by atoms with Crippen LogP contribution in [0, 0.1) is 0 Å². The summed E-state index contributed by atoms with van der Waals surface area (Å²) >= 11 is 0. The Kier molecular flexibility index (Phi) is 21.8. The Balaban J connectivity index is 3.49. The molecule has 1 amide bonds. The summed E-state index contributed by atoms with van der Waals surface area (Å²) < 4.78 is 25.6. The number of rotatable bonds is 24. The zero-order valence-corrected chi connectivity index (χ0v) is 22.2. The van der Waals surface area contributed by atoms with Crippen molar-refractivity contribution in [3.05, 3.63) is 0 Å². The number of hydrogen-bond donors (Lipinski definition) is 3. The van der Waals surface area contributed by atoms with Gasteiger partial charge >= 0.3 is 13.8 Å². The third kappa shape index (κ3) is 24.1. The molecule has 0 rings (SSSR count). The van der Waals surface area contributed by atoms with Crippen molar-refractivity contribution in [2.24, 2.45) is 0 Å². The number of aliphatic hydroxyl groups excluding tert-OH is 1. The zero-order chi connectivity index (χ0) is 25.5. The topological polar surface area (TPSA) is 131 Å². The Labute approximate surface area is 205 Å². The van der Waals surface area contributed by atoms with E-state index in [2.05, 4.69) is 21.5 Å². The highest BCUT2D eigenvalue weighted by Gasteiger charge is 2.23. The molecule has 0 aliphatic carbocycles. The minimum atomic E-state index is -4.36. The van der Waals surface area contributed by atoms with E-state index in [-0.39, 0.29) is 25.7 Å². The largest absolute Gasteiger partial charge is 0.472 e. The standard InChI is InChI=1S/C24H48NO8P/c1-3-4-5-6-7-8-9-10-11-12-13-14-15-16-17-24(28)25-18-19-32-34(29,30)33-21-23(27)20-31-22(2)26/h23,27H,3-21H2,1-2H3,(H,25,28)(H,29,30). The number of ether oxygens (including phenoxy) is 1. The van der Waals surface area contributed by atoms with E-state index in [4.69, 9.17) is 4.52 Å². The van der Waals surface area contributed by atoms with Gasteiger partial charge in [-0.25, -0.2) is 4.57 Å². The summed E-state index contributed by atoms with van der Waals surface area (Å²) in [6.45, 7) is 2.45. The smallest absolute Gasteiger partial charge is 0.463 e.